The van der Waals surface area contributed by atoms with E-state index in [2.05, 4.69) is 35.7 Å². The minimum atomic E-state index is -0.356. The van der Waals surface area contributed by atoms with Crippen molar-refractivity contribution in [1.29, 1.82) is 0 Å². The van der Waals surface area contributed by atoms with Crippen LogP contribution in [0, 0.1) is 24.6 Å². The second-order valence-corrected chi connectivity index (χ2v) is 8.31. The summed E-state index contributed by atoms with van der Waals surface area (Å²) in [5, 5.41) is 1.45. The monoisotopic (exact) mass is 435 g/mol. The Labute approximate surface area is 182 Å². The highest BCUT2D eigenvalue weighted by atomic mass is 19.1. The molecule has 10 nitrogen and oxygen atoms in total. The summed E-state index contributed by atoms with van der Waals surface area (Å²) in [5.41, 5.74) is 13.8. The summed E-state index contributed by atoms with van der Waals surface area (Å²) in [4.78, 5) is 23.1. The molecule has 1 saturated carbocycles. The number of nitrogens with two attached hydrogens (primary N) is 1. The molecule has 1 aliphatic carbocycles. The van der Waals surface area contributed by atoms with Crippen molar-refractivity contribution in [3.05, 3.63) is 36.2 Å². The number of hydrazine groups is 1. The van der Waals surface area contributed by atoms with Crippen molar-refractivity contribution in [3.8, 4) is 11.8 Å². The van der Waals surface area contributed by atoms with Gasteiger partial charge in [-0.1, -0.05) is 0 Å². The topological polar surface area (TPSA) is 130 Å². The molecule has 164 valence electrons. The van der Waals surface area contributed by atoms with E-state index in [4.69, 9.17) is 15.5 Å². The molecule has 32 heavy (non-hydrogen) atoms. The van der Waals surface area contributed by atoms with Crippen LogP contribution in [0.25, 0.3) is 21.9 Å². The SMILES string of the molecule is CNNc1cc(F)cc2c1[nH]c1nc(Oc3cnc(C)nc3)nc(N3CC4C(N)C4C3)c12. The van der Waals surface area contributed by atoms with Gasteiger partial charge in [0, 0.05) is 37.6 Å². The van der Waals surface area contributed by atoms with E-state index in [1.165, 1.54) is 12.1 Å². The molecule has 1 aromatic carbocycles. The highest BCUT2D eigenvalue weighted by Gasteiger charge is 2.54. The lowest BCUT2D eigenvalue weighted by molar-refractivity contribution is 0.439. The molecule has 0 radical (unpaired) electrons. The fraction of sp³-hybridized carbons (Fsp3) is 0.333. The van der Waals surface area contributed by atoms with Crippen molar-refractivity contribution in [2.24, 2.45) is 17.6 Å². The maximum atomic E-state index is 14.5. The Balaban J connectivity index is 1.52. The van der Waals surface area contributed by atoms with Crippen LogP contribution in [0.4, 0.5) is 15.9 Å². The van der Waals surface area contributed by atoms with Crippen molar-refractivity contribution in [2.75, 3.05) is 30.5 Å². The first-order valence-corrected chi connectivity index (χ1v) is 10.4. The van der Waals surface area contributed by atoms with Crippen LogP contribution in [0.3, 0.4) is 0 Å². The van der Waals surface area contributed by atoms with Crippen LogP contribution < -0.4 is 26.2 Å². The molecule has 2 fully saturated rings. The highest BCUT2D eigenvalue weighted by molar-refractivity contribution is 6.14. The van der Waals surface area contributed by atoms with E-state index in [0.29, 0.717) is 45.9 Å². The quantitative estimate of drug-likeness (QED) is 0.348. The minimum Gasteiger partial charge on any atom is -0.421 e. The summed E-state index contributed by atoms with van der Waals surface area (Å²) in [6, 6.07) is 3.33. The fourth-order valence-corrected chi connectivity index (χ4v) is 4.62. The van der Waals surface area contributed by atoms with Crippen LogP contribution in [0.15, 0.2) is 24.5 Å². The number of fused-ring (bicyclic) bond motifs is 4. The Hall–Kier alpha value is -3.57. The number of aryl methyl sites for hydroxylation is 1. The van der Waals surface area contributed by atoms with Gasteiger partial charge in [-0.3, -0.25) is 0 Å². The molecule has 2 aliphatic rings. The Morgan fingerprint density at radius 3 is 2.66 bits per heavy atom. The number of piperidine rings is 1. The average molecular weight is 435 g/mol. The molecule has 1 saturated heterocycles. The first-order chi connectivity index (χ1) is 15.5. The zero-order valence-corrected chi connectivity index (χ0v) is 17.6. The first-order valence-electron chi connectivity index (χ1n) is 10.4. The molecule has 6 rings (SSSR count). The Bertz CT molecular complexity index is 1330. The second kappa shape index (κ2) is 6.97. The number of ether oxygens (including phenoxy) is 1. The van der Waals surface area contributed by atoms with Crippen molar-refractivity contribution in [1.82, 2.24) is 30.3 Å². The molecular weight excluding hydrogens is 413 g/mol. The smallest absolute Gasteiger partial charge is 0.326 e. The Kier molecular flexibility index (Phi) is 4.17. The number of aromatic nitrogens is 5. The normalized spacial score (nSPS) is 21.9. The van der Waals surface area contributed by atoms with Gasteiger partial charge in [-0.2, -0.15) is 9.97 Å². The molecule has 3 aromatic heterocycles. The van der Waals surface area contributed by atoms with Crippen molar-refractivity contribution in [3.63, 3.8) is 0 Å². The predicted octanol–water partition coefficient (Wildman–Crippen LogP) is 2.08. The van der Waals surface area contributed by atoms with Gasteiger partial charge in [-0.05, 0) is 24.8 Å². The maximum Gasteiger partial charge on any atom is 0.326 e. The number of nitrogens with one attached hydrogen (secondary N) is 3. The number of hydrogen-bond acceptors (Lipinski definition) is 9. The molecule has 0 spiro atoms. The summed E-state index contributed by atoms with van der Waals surface area (Å²) in [6.45, 7) is 3.40. The van der Waals surface area contributed by atoms with Gasteiger partial charge < -0.3 is 25.8 Å². The lowest BCUT2D eigenvalue weighted by Gasteiger charge is -2.21. The average Bonchev–Trinajstić information content (AvgIpc) is 3.11. The van der Waals surface area contributed by atoms with Gasteiger partial charge in [0.1, 0.15) is 23.1 Å². The number of nitrogens with zero attached hydrogens (tertiary/aromatic N) is 5. The molecule has 2 unspecified atom stereocenters. The third kappa shape index (κ3) is 3.00. The summed E-state index contributed by atoms with van der Waals surface area (Å²) in [6.07, 6.45) is 3.16. The van der Waals surface area contributed by atoms with Gasteiger partial charge in [0.2, 0.25) is 0 Å². The van der Waals surface area contributed by atoms with E-state index in [1.807, 2.05) is 0 Å². The molecule has 11 heteroatoms. The van der Waals surface area contributed by atoms with E-state index in [1.54, 1.807) is 26.4 Å². The van der Waals surface area contributed by atoms with Crippen LogP contribution in [0.2, 0.25) is 0 Å². The zero-order chi connectivity index (χ0) is 22.0. The number of rotatable bonds is 5. The second-order valence-electron chi connectivity index (χ2n) is 8.31. The molecule has 0 amide bonds. The van der Waals surface area contributed by atoms with Gasteiger partial charge in [-0.25, -0.2) is 19.8 Å². The molecule has 4 aromatic rings. The first kappa shape index (κ1) is 19.1. The summed E-state index contributed by atoms with van der Waals surface area (Å²) in [7, 11) is 1.72. The summed E-state index contributed by atoms with van der Waals surface area (Å²) < 4.78 is 20.3. The number of hydrogen-bond donors (Lipinski definition) is 4. The number of H-pyrrole nitrogens is 1. The van der Waals surface area contributed by atoms with Gasteiger partial charge in [0.15, 0.2) is 5.75 Å². The molecule has 2 atom stereocenters. The van der Waals surface area contributed by atoms with Gasteiger partial charge in [-0.15, -0.1) is 0 Å². The third-order valence-corrected chi connectivity index (χ3v) is 6.27. The lowest BCUT2D eigenvalue weighted by atomic mass is 10.1. The highest BCUT2D eigenvalue weighted by Crippen LogP contribution is 2.47. The van der Waals surface area contributed by atoms with E-state index < -0.39 is 0 Å². The summed E-state index contributed by atoms with van der Waals surface area (Å²) >= 11 is 0. The fourth-order valence-electron chi connectivity index (χ4n) is 4.62. The third-order valence-electron chi connectivity index (χ3n) is 6.27. The van der Waals surface area contributed by atoms with E-state index in [9.17, 15) is 4.39 Å². The number of benzene rings is 1. The largest absolute Gasteiger partial charge is 0.421 e. The number of anilines is 2. The zero-order valence-electron chi connectivity index (χ0n) is 17.6. The molecule has 1 aliphatic heterocycles. The molecule has 0 bridgehead atoms. The van der Waals surface area contributed by atoms with E-state index in [-0.39, 0.29) is 17.9 Å². The van der Waals surface area contributed by atoms with Crippen LogP contribution in [-0.2, 0) is 0 Å². The van der Waals surface area contributed by atoms with Gasteiger partial charge >= 0.3 is 6.01 Å². The van der Waals surface area contributed by atoms with Crippen molar-refractivity contribution in [2.45, 2.75) is 13.0 Å². The molecule has 4 heterocycles. The van der Waals surface area contributed by atoms with Gasteiger partial charge in [0.05, 0.1) is 29.0 Å². The van der Waals surface area contributed by atoms with Crippen LogP contribution in [0.5, 0.6) is 11.8 Å². The van der Waals surface area contributed by atoms with Crippen molar-refractivity contribution >= 4 is 33.4 Å². The van der Waals surface area contributed by atoms with Crippen molar-refractivity contribution < 1.29 is 9.13 Å². The van der Waals surface area contributed by atoms with Crippen LogP contribution >= 0.6 is 0 Å². The van der Waals surface area contributed by atoms with Crippen LogP contribution in [-0.4, -0.2) is 51.1 Å². The van der Waals surface area contributed by atoms with E-state index >= 15 is 0 Å². The predicted molar refractivity (Wildman–Crippen MR) is 118 cm³/mol. The van der Waals surface area contributed by atoms with Crippen LogP contribution in [0.1, 0.15) is 5.82 Å². The summed E-state index contributed by atoms with van der Waals surface area (Å²) in [5.74, 6) is 2.34. The Morgan fingerprint density at radius 2 is 1.94 bits per heavy atom. The van der Waals surface area contributed by atoms with E-state index in [0.717, 1.165) is 24.0 Å². The Morgan fingerprint density at radius 1 is 1.19 bits per heavy atom. The molecule has 5 N–H and O–H groups in total. The maximum absolute atomic E-state index is 14.5. The lowest BCUT2D eigenvalue weighted by Crippen LogP contribution is -2.29. The minimum absolute atomic E-state index is 0.167. The number of halogens is 1. The standard InChI is InChI=1S/C21H22FN9O/c1-9-25-5-11(6-26-9)32-21-28-19-16(20(29-21)31-7-13-14(8-31)17(13)23)12-3-10(22)4-15(30-24-2)18(12)27-19/h3-6,13-14,17,24,30H,7-8,23H2,1-2H3,(H,27,28,29). The van der Waals surface area contributed by atoms with Gasteiger partial charge in [0.25, 0.3) is 0 Å². The molecular formula is C21H22FN9O. The number of aromatic amines is 1.